The lowest BCUT2D eigenvalue weighted by Crippen LogP contribution is -2.61. The summed E-state index contributed by atoms with van der Waals surface area (Å²) in [6, 6.07) is 11.6. The first-order chi connectivity index (χ1) is 15.8. The summed E-state index contributed by atoms with van der Waals surface area (Å²) in [5, 5.41) is 6.39. The van der Waals surface area contributed by atoms with Crippen LogP contribution < -0.4 is 16.4 Å². The summed E-state index contributed by atoms with van der Waals surface area (Å²) in [6.45, 7) is 0.873. The second-order valence-corrected chi connectivity index (χ2v) is 8.28. The van der Waals surface area contributed by atoms with E-state index in [0.717, 1.165) is 0 Å². The number of aromatic nitrogens is 1. The van der Waals surface area contributed by atoms with Gasteiger partial charge in [-0.2, -0.15) is 0 Å². The highest BCUT2D eigenvalue weighted by Crippen LogP contribution is 2.22. The molecule has 0 unspecified atom stereocenters. The molecular weight excluding hydrogens is 449 g/mol. The zero-order valence-corrected chi connectivity index (χ0v) is 18.4. The summed E-state index contributed by atoms with van der Waals surface area (Å²) in [7, 11) is 0. The van der Waals surface area contributed by atoms with Crippen LogP contribution in [0.1, 0.15) is 15.9 Å². The molecule has 172 valence electrons. The number of nitrogens with one attached hydrogen (secondary N) is 2. The van der Waals surface area contributed by atoms with E-state index in [2.05, 4.69) is 10.6 Å². The van der Waals surface area contributed by atoms with Crippen LogP contribution in [0.15, 0.2) is 48.7 Å². The predicted molar refractivity (Wildman–Crippen MR) is 122 cm³/mol. The molecule has 4 rings (SSSR count). The van der Waals surface area contributed by atoms with Crippen LogP contribution in [-0.4, -0.2) is 52.9 Å². The first-order valence-electron chi connectivity index (χ1n) is 10.4. The molecule has 33 heavy (non-hydrogen) atoms. The lowest BCUT2D eigenvalue weighted by atomic mass is 10.1. The summed E-state index contributed by atoms with van der Waals surface area (Å²) in [5.41, 5.74) is 6.78. The Hall–Kier alpha value is -3.43. The third-order valence-corrected chi connectivity index (χ3v) is 5.99. The Morgan fingerprint density at radius 1 is 1.18 bits per heavy atom. The van der Waals surface area contributed by atoms with Gasteiger partial charge in [0.15, 0.2) is 0 Å². The SMILES string of the molecule is NC(=O)c1cn(CC(=O)N(CC(=O)NCc2cccc(Cl)c2F)C2CNC2)c2ccccc12. The molecule has 3 aromatic rings. The molecule has 0 saturated carbocycles. The zero-order valence-electron chi connectivity index (χ0n) is 17.7. The van der Waals surface area contributed by atoms with Gasteiger partial charge < -0.3 is 25.8 Å². The minimum absolute atomic E-state index is 0.0200. The van der Waals surface area contributed by atoms with Crippen LogP contribution in [-0.2, 0) is 22.7 Å². The van der Waals surface area contributed by atoms with E-state index >= 15 is 0 Å². The highest BCUT2D eigenvalue weighted by atomic mass is 35.5. The largest absolute Gasteiger partial charge is 0.366 e. The Balaban J connectivity index is 1.47. The molecule has 0 spiro atoms. The molecule has 0 atom stereocenters. The number of rotatable bonds is 8. The average molecular weight is 472 g/mol. The molecule has 3 amide bonds. The maximum atomic E-state index is 14.1. The minimum atomic E-state index is -0.583. The number of halogens is 2. The van der Waals surface area contributed by atoms with Gasteiger partial charge >= 0.3 is 0 Å². The molecule has 2 aromatic carbocycles. The Labute approximate surface area is 194 Å². The van der Waals surface area contributed by atoms with E-state index < -0.39 is 17.6 Å². The summed E-state index contributed by atoms with van der Waals surface area (Å²) in [6.07, 6.45) is 1.56. The lowest BCUT2D eigenvalue weighted by Gasteiger charge is -2.38. The number of fused-ring (bicyclic) bond motifs is 1. The molecule has 1 aliphatic heterocycles. The fraction of sp³-hybridized carbons (Fsp3) is 0.261. The van der Waals surface area contributed by atoms with E-state index in [-0.39, 0.29) is 42.2 Å². The minimum Gasteiger partial charge on any atom is -0.366 e. The van der Waals surface area contributed by atoms with E-state index in [0.29, 0.717) is 29.6 Å². The number of primary amides is 1. The van der Waals surface area contributed by atoms with Crippen molar-refractivity contribution in [2.45, 2.75) is 19.1 Å². The van der Waals surface area contributed by atoms with Gasteiger partial charge in [-0.15, -0.1) is 0 Å². The quantitative estimate of drug-likeness (QED) is 0.464. The molecular formula is C23H23ClFN5O3. The summed E-state index contributed by atoms with van der Waals surface area (Å²) in [5.74, 6) is -1.85. The molecule has 0 radical (unpaired) electrons. The molecule has 1 saturated heterocycles. The monoisotopic (exact) mass is 471 g/mol. The fourth-order valence-electron chi connectivity index (χ4n) is 3.81. The van der Waals surface area contributed by atoms with E-state index in [1.165, 1.54) is 17.0 Å². The Kier molecular flexibility index (Phi) is 6.62. The van der Waals surface area contributed by atoms with Crippen LogP contribution in [0.3, 0.4) is 0 Å². The highest BCUT2D eigenvalue weighted by molar-refractivity contribution is 6.30. The van der Waals surface area contributed by atoms with Gasteiger partial charge in [0, 0.05) is 42.3 Å². The highest BCUT2D eigenvalue weighted by Gasteiger charge is 2.30. The fourth-order valence-corrected chi connectivity index (χ4v) is 4.01. The molecule has 8 nitrogen and oxygen atoms in total. The Morgan fingerprint density at radius 2 is 1.94 bits per heavy atom. The van der Waals surface area contributed by atoms with E-state index in [4.69, 9.17) is 17.3 Å². The predicted octanol–water partition coefficient (Wildman–Crippen LogP) is 1.65. The van der Waals surface area contributed by atoms with Crippen molar-refractivity contribution < 1.29 is 18.8 Å². The van der Waals surface area contributed by atoms with Crippen molar-refractivity contribution in [3.05, 3.63) is 70.6 Å². The number of amides is 3. The van der Waals surface area contributed by atoms with Crippen LogP contribution >= 0.6 is 11.6 Å². The standard InChI is InChI=1S/C23H23ClFN5O3/c24-18-6-3-4-14(22(18)25)8-28-20(31)12-30(15-9-27-10-15)21(32)13-29-11-17(23(26)33)16-5-1-2-7-19(16)29/h1-7,11,15,27H,8-10,12-13H2,(H2,26,33)(H,28,31). The van der Waals surface area contributed by atoms with Crippen LogP contribution in [0.2, 0.25) is 5.02 Å². The molecule has 1 fully saturated rings. The normalized spacial score (nSPS) is 13.5. The zero-order chi connectivity index (χ0) is 23.5. The van der Waals surface area contributed by atoms with Gasteiger partial charge in [-0.3, -0.25) is 14.4 Å². The number of carbonyl (C=O) groups excluding carboxylic acids is 3. The Morgan fingerprint density at radius 3 is 2.64 bits per heavy atom. The van der Waals surface area contributed by atoms with Crippen molar-refractivity contribution >= 4 is 40.2 Å². The number of hydrogen-bond acceptors (Lipinski definition) is 4. The van der Waals surface area contributed by atoms with Gasteiger partial charge in [0.1, 0.15) is 12.4 Å². The average Bonchev–Trinajstić information content (AvgIpc) is 3.12. The maximum absolute atomic E-state index is 14.1. The molecule has 0 aliphatic carbocycles. The lowest BCUT2D eigenvalue weighted by molar-refractivity contribution is -0.139. The molecule has 0 bridgehead atoms. The van der Waals surface area contributed by atoms with Crippen molar-refractivity contribution in [1.29, 1.82) is 0 Å². The second-order valence-electron chi connectivity index (χ2n) is 7.88. The van der Waals surface area contributed by atoms with Crippen LogP contribution in [0, 0.1) is 5.82 Å². The van der Waals surface area contributed by atoms with Crippen molar-refractivity contribution in [2.24, 2.45) is 5.73 Å². The molecule has 4 N–H and O–H groups in total. The van der Waals surface area contributed by atoms with Gasteiger partial charge in [-0.25, -0.2) is 4.39 Å². The molecule has 1 aliphatic rings. The van der Waals surface area contributed by atoms with E-state index in [9.17, 15) is 18.8 Å². The summed E-state index contributed by atoms with van der Waals surface area (Å²) in [4.78, 5) is 39.1. The van der Waals surface area contributed by atoms with E-state index in [1.54, 1.807) is 35.0 Å². The summed E-state index contributed by atoms with van der Waals surface area (Å²) < 4.78 is 15.7. The van der Waals surface area contributed by atoms with Crippen LogP contribution in [0.5, 0.6) is 0 Å². The van der Waals surface area contributed by atoms with Crippen LogP contribution in [0.25, 0.3) is 10.9 Å². The van der Waals surface area contributed by atoms with Crippen molar-refractivity contribution in [1.82, 2.24) is 20.1 Å². The molecule has 1 aromatic heterocycles. The third kappa shape index (κ3) is 4.84. The first kappa shape index (κ1) is 22.8. The van der Waals surface area contributed by atoms with Gasteiger partial charge in [0.05, 0.1) is 23.2 Å². The van der Waals surface area contributed by atoms with Crippen molar-refractivity contribution in [3.63, 3.8) is 0 Å². The van der Waals surface area contributed by atoms with Gasteiger partial charge in [0.2, 0.25) is 11.8 Å². The topological polar surface area (TPSA) is 109 Å². The van der Waals surface area contributed by atoms with Gasteiger partial charge in [-0.1, -0.05) is 41.9 Å². The van der Waals surface area contributed by atoms with Gasteiger partial charge in [0.25, 0.3) is 5.91 Å². The maximum Gasteiger partial charge on any atom is 0.250 e. The van der Waals surface area contributed by atoms with Crippen molar-refractivity contribution in [3.8, 4) is 0 Å². The first-order valence-corrected chi connectivity index (χ1v) is 10.8. The Bertz CT molecular complexity index is 1220. The number of benzene rings is 2. The molecule has 2 heterocycles. The van der Waals surface area contributed by atoms with Crippen molar-refractivity contribution in [2.75, 3.05) is 19.6 Å². The summed E-state index contributed by atoms with van der Waals surface area (Å²) >= 11 is 5.78. The van der Waals surface area contributed by atoms with Crippen LogP contribution in [0.4, 0.5) is 4.39 Å². The number of nitrogens with zero attached hydrogens (tertiary/aromatic N) is 2. The third-order valence-electron chi connectivity index (χ3n) is 5.70. The number of nitrogens with two attached hydrogens (primary N) is 1. The number of hydrogen-bond donors (Lipinski definition) is 3. The smallest absolute Gasteiger partial charge is 0.250 e. The second kappa shape index (κ2) is 9.60. The number of carbonyl (C=O) groups is 3. The molecule has 10 heteroatoms. The van der Waals surface area contributed by atoms with E-state index in [1.807, 2.05) is 6.07 Å². The van der Waals surface area contributed by atoms with Gasteiger partial charge in [-0.05, 0) is 12.1 Å². The number of para-hydroxylation sites is 1.